The van der Waals surface area contributed by atoms with E-state index in [-0.39, 0.29) is 5.60 Å². The Balaban J connectivity index is 2.77. The molecule has 1 fully saturated rings. The fourth-order valence-electron chi connectivity index (χ4n) is 3.09. The third kappa shape index (κ3) is 2.52. The van der Waals surface area contributed by atoms with Gasteiger partial charge in [-0.3, -0.25) is 11.3 Å². The molecular formula is C12H26N2O. The third-order valence-corrected chi connectivity index (χ3v) is 4.12. The van der Waals surface area contributed by atoms with Crippen LogP contribution in [0.2, 0.25) is 0 Å². The van der Waals surface area contributed by atoms with Crippen molar-refractivity contribution >= 4 is 0 Å². The number of hydrogen-bond donors (Lipinski definition) is 2. The lowest BCUT2D eigenvalue weighted by Crippen LogP contribution is -2.56. The molecule has 0 amide bonds. The van der Waals surface area contributed by atoms with E-state index in [1.165, 1.54) is 12.8 Å². The molecule has 1 rings (SSSR count). The highest BCUT2D eigenvalue weighted by molar-refractivity contribution is 4.98. The average Bonchev–Trinajstić information content (AvgIpc) is 2.75. The molecule has 0 aromatic carbocycles. The van der Waals surface area contributed by atoms with Crippen LogP contribution in [-0.4, -0.2) is 18.8 Å². The first-order valence-corrected chi connectivity index (χ1v) is 6.25. The minimum Gasteiger partial charge on any atom is -0.377 e. The molecule has 3 nitrogen and oxygen atoms in total. The lowest BCUT2D eigenvalue weighted by Gasteiger charge is -2.40. The highest BCUT2D eigenvalue weighted by Crippen LogP contribution is 2.39. The summed E-state index contributed by atoms with van der Waals surface area (Å²) in [6.07, 6.45) is 7.16. The zero-order valence-corrected chi connectivity index (χ0v) is 10.4. The molecule has 15 heavy (non-hydrogen) atoms. The molecule has 1 aliphatic rings. The summed E-state index contributed by atoms with van der Waals surface area (Å²) in [4.78, 5) is 0. The summed E-state index contributed by atoms with van der Waals surface area (Å²) < 4.78 is 5.79. The van der Waals surface area contributed by atoms with Crippen molar-refractivity contribution in [1.29, 1.82) is 0 Å². The molecule has 0 heterocycles. The molecule has 0 saturated heterocycles. The van der Waals surface area contributed by atoms with Crippen LogP contribution in [0.4, 0.5) is 0 Å². The van der Waals surface area contributed by atoms with Gasteiger partial charge in [0, 0.05) is 7.11 Å². The summed E-state index contributed by atoms with van der Waals surface area (Å²) in [5.74, 6) is 6.35. The van der Waals surface area contributed by atoms with Crippen LogP contribution in [0.3, 0.4) is 0 Å². The van der Waals surface area contributed by atoms with E-state index in [0.717, 1.165) is 25.7 Å². The Morgan fingerprint density at radius 3 is 2.13 bits per heavy atom. The zero-order chi connectivity index (χ0) is 11.3. The van der Waals surface area contributed by atoms with E-state index in [2.05, 4.69) is 19.3 Å². The van der Waals surface area contributed by atoms with Gasteiger partial charge in [0.15, 0.2) is 0 Å². The normalized spacial score (nSPS) is 22.2. The standard InChI is InChI=1S/C12H26N2O/c1-4-10(5-2)11(14-13)12(15-3)8-6-7-9-12/h10-11,14H,4-9,13H2,1-3H3. The van der Waals surface area contributed by atoms with Crippen LogP contribution < -0.4 is 11.3 Å². The molecule has 1 atom stereocenters. The fourth-order valence-corrected chi connectivity index (χ4v) is 3.09. The van der Waals surface area contributed by atoms with Crippen molar-refractivity contribution in [3.63, 3.8) is 0 Å². The van der Waals surface area contributed by atoms with E-state index < -0.39 is 0 Å². The van der Waals surface area contributed by atoms with E-state index in [1.54, 1.807) is 0 Å². The summed E-state index contributed by atoms with van der Waals surface area (Å²) in [5, 5.41) is 0. The highest BCUT2D eigenvalue weighted by Gasteiger charge is 2.43. The minimum absolute atomic E-state index is 0.00850. The van der Waals surface area contributed by atoms with E-state index >= 15 is 0 Å². The molecular weight excluding hydrogens is 188 g/mol. The molecule has 0 aromatic rings. The molecule has 1 saturated carbocycles. The number of rotatable bonds is 6. The lowest BCUT2D eigenvalue weighted by atomic mass is 9.80. The first kappa shape index (κ1) is 12.9. The summed E-state index contributed by atoms with van der Waals surface area (Å²) in [6.45, 7) is 4.47. The quantitative estimate of drug-likeness (QED) is 0.526. The Kier molecular flexibility index (Phi) is 5.03. The number of hydrogen-bond acceptors (Lipinski definition) is 3. The maximum atomic E-state index is 5.79. The van der Waals surface area contributed by atoms with Gasteiger partial charge in [-0.05, 0) is 18.8 Å². The first-order valence-electron chi connectivity index (χ1n) is 6.25. The van der Waals surface area contributed by atoms with Gasteiger partial charge in [-0.25, -0.2) is 0 Å². The average molecular weight is 214 g/mol. The van der Waals surface area contributed by atoms with Gasteiger partial charge in [-0.15, -0.1) is 0 Å². The zero-order valence-electron chi connectivity index (χ0n) is 10.4. The van der Waals surface area contributed by atoms with Crippen LogP contribution in [0.15, 0.2) is 0 Å². The van der Waals surface area contributed by atoms with Crippen molar-refractivity contribution in [1.82, 2.24) is 5.43 Å². The van der Waals surface area contributed by atoms with Crippen molar-refractivity contribution in [3.05, 3.63) is 0 Å². The second-order valence-corrected chi connectivity index (χ2v) is 4.70. The molecule has 1 aliphatic carbocycles. The van der Waals surface area contributed by atoms with Crippen LogP contribution in [0, 0.1) is 5.92 Å². The second-order valence-electron chi connectivity index (χ2n) is 4.70. The SMILES string of the molecule is CCC(CC)C(NN)C1(OC)CCCC1. The molecule has 90 valence electrons. The van der Waals surface area contributed by atoms with Gasteiger partial charge in [-0.1, -0.05) is 39.5 Å². The fraction of sp³-hybridized carbons (Fsp3) is 1.00. The summed E-state index contributed by atoms with van der Waals surface area (Å²) in [5.41, 5.74) is 3.00. The molecule has 3 N–H and O–H groups in total. The molecule has 0 radical (unpaired) electrons. The van der Waals surface area contributed by atoms with Crippen LogP contribution in [0.1, 0.15) is 52.4 Å². The summed E-state index contributed by atoms with van der Waals surface area (Å²) in [7, 11) is 1.83. The maximum absolute atomic E-state index is 5.79. The molecule has 0 aromatic heterocycles. The van der Waals surface area contributed by atoms with Gasteiger partial charge < -0.3 is 4.74 Å². The predicted molar refractivity (Wildman–Crippen MR) is 63.4 cm³/mol. The number of ether oxygens (including phenoxy) is 1. The topological polar surface area (TPSA) is 47.3 Å². The Morgan fingerprint density at radius 2 is 1.80 bits per heavy atom. The van der Waals surface area contributed by atoms with Gasteiger partial charge in [0.05, 0.1) is 11.6 Å². The van der Waals surface area contributed by atoms with E-state index in [1.807, 2.05) is 7.11 Å². The van der Waals surface area contributed by atoms with E-state index in [9.17, 15) is 0 Å². The van der Waals surface area contributed by atoms with Crippen molar-refractivity contribution in [2.24, 2.45) is 11.8 Å². The smallest absolute Gasteiger partial charge is 0.0847 e. The minimum atomic E-state index is -0.00850. The maximum Gasteiger partial charge on any atom is 0.0847 e. The Hall–Kier alpha value is -0.120. The second kappa shape index (κ2) is 5.83. The first-order chi connectivity index (χ1) is 7.24. The monoisotopic (exact) mass is 214 g/mol. The van der Waals surface area contributed by atoms with Crippen LogP contribution in [0.25, 0.3) is 0 Å². The highest BCUT2D eigenvalue weighted by atomic mass is 16.5. The van der Waals surface area contributed by atoms with Gasteiger partial charge in [-0.2, -0.15) is 0 Å². The van der Waals surface area contributed by atoms with Crippen molar-refractivity contribution in [2.45, 2.75) is 64.0 Å². The van der Waals surface area contributed by atoms with Crippen molar-refractivity contribution < 1.29 is 4.74 Å². The largest absolute Gasteiger partial charge is 0.377 e. The number of hydrazine groups is 1. The predicted octanol–water partition coefficient (Wildman–Crippen LogP) is 2.21. The van der Waals surface area contributed by atoms with Gasteiger partial charge in [0.2, 0.25) is 0 Å². The number of methoxy groups -OCH3 is 1. The van der Waals surface area contributed by atoms with E-state index in [4.69, 9.17) is 10.6 Å². The Morgan fingerprint density at radius 1 is 1.27 bits per heavy atom. The third-order valence-electron chi connectivity index (χ3n) is 4.12. The molecule has 3 heteroatoms. The molecule has 1 unspecified atom stereocenters. The van der Waals surface area contributed by atoms with Crippen LogP contribution in [-0.2, 0) is 4.74 Å². The van der Waals surface area contributed by atoms with E-state index in [0.29, 0.717) is 12.0 Å². The molecule has 0 aliphatic heterocycles. The summed E-state index contributed by atoms with van der Waals surface area (Å²) >= 11 is 0. The number of nitrogens with one attached hydrogen (secondary N) is 1. The Bertz CT molecular complexity index is 174. The number of nitrogens with two attached hydrogens (primary N) is 1. The van der Waals surface area contributed by atoms with Crippen LogP contribution >= 0.6 is 0 Å². The van der Waals surface area contributed by atoms with Gasteiger partial charge in [0.25, 0.3) is 0 Å². The molecule has 0 spiro atoms. The van der Waals surface area contributed by atoms with Gasteiger partial charge in [0.1, 0.15) is 0 Å². The van der Waals surface area contributed by atoms with Crippen molar-refractivity contribution in [2.75, 3.05) is 7.11 Å². The van der Waals surface area contributed by atoms with Gasteiger partial charge >= 0.3 is 0 Å². The summed E-state index contributed by atoms with van der Waals surface area (Å²) in [6, 6.07) is 0.306. The van der Waals surface area contributed by atoms with Crippen LogP contribution in [0.5, 0.6) is 0 Å². The lowest BCUT2D eigenvalue weighted by molar-refractivity contribution is -0.0530. The molecule has 0 bridgehead atoms. The Labute approximate surface area is 93.7 Å². The van der Waals surface area contributed by atoms with Crippen molar-refractivity contribution in [3.8, 4) is 0 Å².